The van der Waals surface area contributed by atoms with E-state index in [0.717, 1.165) is 5.56 Å². The maximum Gasteiger partial charge on any atom is 0.313 e. The number of hydrogen-bond donors (Lipinski definition) is 2. The number of carbonyl (C=O) groups is 2. The average Bonchev–Trinajstić information content (AvgIpc) is 2.61. The highest BCUT2D eigenvalue weighted by molar-refractivity contribution is 6.39. The largest absolute Gasteiger partial charge is 0.372 e. The molecule has 2 aromatic rings. The maximum absolute atomic E-state index is 12.0. The molecule has 0 aromatic heterocycles. The second-order valence-electron chi connectivity index (χ2n) is 5.59. The number of amides is 2. The molecule has 2 aromatic carbocycles. The van der Waals surface area contributed by atoms with E-state index in [4.69, 9.17) is 27.9 Å². The average molecular weight is 381 g/mol. The van der Waals surface area contributed by atoms with Gasteiger partial charge in [-0.1, -0.05) is 35.3 Å². The first-order valence-electron chi connectivity index (χ1n) is 7.50. The zero-order chi connectivity index (χ0) is 18.4. The highest BCUT2D eigenvalue weighted by Gasteiger charge is 2.28. The minimum Gasteiger partial charge on any atom is -0.372 e. The van der Waals surface area contributed by atoms with Crippen molar-refractivity contribution >= 4 is 40.7 Å². The molecule has 1 atom stereocenters. The van der Waals surface area contributed by atoms with Gasteiger partial charge in [0.05, 0.1) is 6.54 Å². The molecule has 5 nitrogen and oxygen atoms in total. The summed E-state index contributed by atoms with van der Waals surface area (Å²) in [5, 5.41) is 6.18. The van der Waals surface area contributed by atoms with Gasteiger partial charge in [-0.15, -0.1) is 0 Å². The molecule has 132 valence electrons. The van der Waals surface area contributed by atoms with Crippen LogP contribution in [0.25, 0.3) is 0 Å². The Bertz CT molecular complexity index is 765. The van der Waals surface area contributed by atoms with Crippen LogP contribution in [0.1, 0.15) is 12.5 Å². The van der Waals surface area contributed by atoms with E-state index in [2.05, 4.69) is 10.6 Å². The minimum absolute atomic E-state index is 0.108. The van der Waals surface area contributed by atoms with Gasteiger partial charge in [-0.3, -0.25) is 9.59 Å². The fraction of sp³-hybridized carbons (Fsp3) is 0.222. The molecule has 25 heavy (non-hydrogen) atoms. The fourth-order valence-electron chi connectivity index (χ4n) is 2.16. The SMILES string of the molecule is COC(C)(CNC(=O)C(=O)Nc1ccc(Cl)cc1)c1cccc(Cl)c1. The molecule has 0 saturated carbocycles. The van der Waals surface area contributed by atoms with Gasteiger partial charge in [-0.2, -0.15) is 0 Å². The van der Waals surface area contributed by atoms with Gasteiger partial charge >= 0.3 is 11.8 Å². The summed E-state index contributed by atoms with van der Waals surface area (Å²) < 4.78 is 5.52. The first kappa shape index (κ1) is 19.2. The zero-order valence-electron chi connectivity index (χ0n) is 13.8. The van der Waals surface area contributed by atoms with E-state index in [1.807, 2.05) is 6.07 Å². The summed E-state index contributed by atoms with van der Waals surface area (Å²) in [5.74, 6) is -1.54. The highest BCUT2D eigenvalue weighted by atomic mass is 35.5. The molecule has 0 aliphatic rings. The summed E-state index contributed by atoms with van der Waals surface area (Å²) in [6.07, 6.45) is 0. The Morgan fingerprint density at radius 3 is 2.32 bits per heavy atom. The minimum atomic E-state index is -0.818. The van der Waals surface area contributed by atoms with E-state index in [9.17, 15) is 9.59 Å². The third-order valence-electron chi connectivity index (χ3n) is 3.78. The number of nitrogens with one attached hydrogen (secondary N) is 2. The van der Waals surface area contributed by atoms with Crippen molar-refractivity contribution < 1.29 is 14.3 Å². The Hall–Kier alpha value is -2.08. The third kappa shape index (κ3) is 5.19. The molecule has 0 radical (unpaired) electrons. The number of benzene rings is 2. The van der Waals surface area contributed by atoms with Crippen LogP contribution in [0.2, 0.25) is 10.0 Å². The summed E-state index contributed by atoms with van der Waals surface area (Å²) in [6, 6.07) is 13.6. The van der Waals surface area contributed by atoms with Crippen molar-refractivity contribution in [1.29, 1.82) is 0 Å². The molecule has 2 N–H and O–H groups in total. The first-order valence-corrected chi connectivity index (χ1v) is 8.25. The van der Waals surface area contributed by atoms with Gasteiger partial charge in [-0.05, 0) is 48.9 Å². The van der Waals surface area contributed by atoms with Crippen LogP contribution < -0.4 is 10.6 Å². The molecular formula is C18H18Cl2N2O3. The molecule has 0 fully saturated rings. The first-order chi connectivity index (χ1) is 11.8. The van der Waals surface area contributed by atoms with Gasteiger partial charge in [-0.25, -0.2) is 0 Å². The standard InChI is InChI=1S/C18H18Cl2N2O3/c1-18(25-2,12-4-3-5-14(20)10-12)11-21-16(23)17(24)22-15-8-6-13(19)7-9-15/h3-10H,11H2,1-2H3,(H,21,23)(H,22,24). The molecule has 0 aliphatic carbocycles. The van der Waals surface area contributed by atoms with E-state index in [1.54, 1.807) is 49.4 Å². The van der Waals surface area contributed by atoms with Crippen molar-refractivity contribution in [2.24, 2.45) is 0 Å². The van der Waals surface area contributed by atoms with Crippen molar-refractivity contribution in [3.63, 3.8) is 0 Å². The summed E-state index contributed by atoms with van der Waals surface area (Å²) >= 11 is 11.8. The fourth-order valence-corrected chi connectivity index (χ4v) is 2.48. The van der Waals surface area contributed by atoms with Crippen molar-refractivity contribution in [2.75, 3.05) is 19.0 Å². The van der Waals surface area contributed by atoms with E-state index < -0.39 is 17.4 Å². The van der Waals surface area contributed by atoms with E-state index in [0.29, 0.717) is 15.7 Å². The quantitative estimate of drug-likeness (QED) is 0.778. The number of ether oxygens (including phenoxy) is 1. The van der Waals surface area contributed by atoms with Gasteiger partial charge in [0.25, 0.3) is 0 Å². The molecule has 1 unspecified atom stereocenters. The second kappa shape index (κ2) is 8.34. The Morgan fingerprint density at radius 1 is 1.04 bits per heavy atom. The lowest BCUT2D eigenvalue weighted by Gasteiger charge is -2.29. The molecule has 0 aliphatic heterocycles. The zero-order valence-corrected chi connectivity index (χ0v) is 15.3. The van der Waals surface area contributed by atoms with E-state index in [-0.39, 0.29) is 6.54 Å². The Labute approximate surface area is 156 Å². The number of methoxy groups -OCH3 is 1. The monoisotopic (exact) mass is 380 g/mol. The van der Waals surface area contributed by atoms with Gasteiger partial charge < -0.3 is 15.4 Å². The normalized spacial score (nSPS) is 13.0. The van der Waals surface area contributed by atoms with Crippen LogP contribution >= 0.6 is 23.2 Å². The topological polar surface area (TPSA) is 67.4 Å². The van der Waals surface area contributed by atoms with Crippen molar-refractivity contribution in [2.45, 2.75) is 12.5 Å². The predicted octanol–water partition coefficient (Wildman–Crippen LogP) is 3.61. The van der Waals surface area contributed by atoms with Crippen LogP contribution in [0.3, 0.4) is 0 Å². The van der Waals surface area contributed by atoms with Crippen LogP contribution in [0.15, 0.2) is 48.5 Å². The number of carbonyl (C=O) groups excluding carboxylic acids is 2. The van der Waals surface area contributed by atoms with Gasteiger partial charge in [0.15, 0.2) is 0 Å². The second-order valence-corrected chi connectivity index (χ2v) is 6.46. The van der Waals surface area contributed by atoms with Gasteiger partial charge in [0, 0.05) is 22.8 Å². The highest BCUT2D eigenvalue weighted by Crippen LogP contribution is 2.26. The van der Waals surface area contributed by atoms with Gasteiger partial charge in [0.2, 0.25) is 0 Å². The molecule has 0 bridgehead atoms. The Balaban J connectivity index is 1.99. The summed E-state index contributed by atoms with van der Waals surface area (Å²) in [7, 11) is 1.53. The molecule has 0 saturated heterocycles. The lowest BCUT2D eigenvalue weighted by molar-refractivity contribution is -0.137. The number of anilines is 1. The molecule has 2 rings (SSSR count). The Kier molecular flexibility index (Phi) is 6.42. The lowest BCUT2D eigenvalue weighted by atomic mass is 9.95. The summed E-state index contributed by atoms with van der Waals surface area (Å²) in [4.78, 5) is 24.0. The van der Waals surface area contributed by atoms with Crippen LogP contribution in [0, 0.1) is 0 Å². The maximum atomic E-state index is 12.0. The summed E-state index contributed by atoms with van der Waals surface area (Å²) in [6.45, 7) is 1.91. The lowest BCUT2D eigenvalue weighted by Crippen LogP contribution is -2.44. The number of halogens is 2. The molecule has 2 amide bonds. The Morgan fingerprint density at radius 2 is 1.72 bits per heavy atom. The molecule has 0 heterocycles. The van der Waals surface area contributed by atoms with E-state index in [1.165, 1.54) is 7.11 Å². The van der Waals surface area contributed by atoms with Crippen LogP contribution in [-0.2, 0) is 19.9 Å². The van der Waals surface area contributed by atoms with Gasteiger partial charge in [0.1, 0.15) is 5.60 Å². The summed E-state index contributed by atoms with van der Waals surface area (Å²) in [5.41, 5.74) is 0.455. The van der Waals surface area contributed by atoms with Crippen LogP contribution in [0.5, 0.6) is 0 Å². The van der Waals surface area contributed by atoms with Crippen molar-refractivity contribution in [1.82, 2.24) is 5.32 Å². The van der Waals surface area contributed by atoms with E-state index >= 15 is 0 Å². The van der Waals surface area contributed by atoms with Crippen molar-refractivity contribution in [3.05, 3.63) is 64.1 Å². The third-order valence-corrected chi connectivity index (χ3v) is 4.27. The molecule has 7 heteroatoms. The molecule has 0 spiro atoms. The number of hydrogen-bond acceptors (Lipinski definition) is 3. The van der Waals surface area contributed by atoms with Crippen LogP contribution in [0.4, 0.5) is 5.69 Å². The predicted molar refractivity (Wildman–Crippen MR) is 98.9 cm³/mol. The number of rotatable bonds is 5. The van der Waals surface area contributed by atoms with Crippen molar-refractivity contribution in [3.8, 4) is 0 Å². The smallest absolute Gasteiger partial charge is 0.313 e. The van der Waals surface area contributed by atoms with Crippen LogP contribution in [-0.4, -0.2) is 25.5 Å². The molecular weight excluding hydrogens is 363 g/mol.